The number of hydrogen-bond acceptors (Lipinski definition) is 8. The van der Waals surface area contributed by atoms with Gasteiger partial charge in [-0.2, -0.15) is 4.98 Å². The fourth-order valence-electron chi connectivity index (χ4n) is 2.55. The Morgan fingerprint density at radius 2 is 1.90 bits per heavy atom. The van der Waals surface area contributed by atoms with Gasteiger partial charge < -0.3 is 18.6 Å². The number of methoxy groups -OCH3 is 2. The van der Waals surface area contributed by atoms with Crippen LogP contribution in [0.4, 0.5) is 0 Å². The zero-order valence-electron chi connectivity index (χ0n) is 16.3. The molecule has 0 radical (unpaired) electrons. The highest BCUT2D eigenvalue weighted by atomic mass is 32.2. The molecule has 0 atom stereocenters. The fraction of sp³-hybridized carbons (Fsp3) is 0.278. The van der Waals surface area contributed by atoms with E-state index in [-0.39, 0.29) is 23.2 Å². The summed E-state index contributed by atoms with van der Waals surface area (Å²) in [5, 5.41) is 3.93. The molecule has 0 aliphatic rings. The van der Waals surface area contributed by atoms with Gasteiger partial charge in [0.1, 0.15) is 18.0 Å². The Morgan fingerprint density at radius 1 is 1.14 bits per heavy atom. The van der Waals surface area contributed by atoms with E-state index in [9.17, 15) is 13.2 Å². The largest absolute Gasteiger partial charge is 0.497 e. The summed E-state index contributed by atoms with van der Waals surface area (Å²) >= 11 is 0. The van der Waals surface area contributed by atoms with Gasteiger partial charge in [0, 0.05) is 32.4 Å². The first-order chi connectivity index (χ1) is 13.8. The predicted octanol–water partition coefficient (Wildman–Crippen LogP) is 1.21. The van der Waals surface area contributed by atoms with Crippen molar-refractivity contribution in [2.45, 2.75) is 11.4 Å². The van der Waals surface area contributed by atoms with Gasteiger partial charge in [-0.3, -0.25) is 4.79 Å². The van der Waals surface area contributed by atoms with Gasteiger partial charge in [0.2, 0.25) is 21.7 Å². The average molecular weight is 420 g/mol. The van der Waals surface area contributed by atoms with Gasteiger partial charge >= 0.3 is 0 Å². The van der Waals surface area contributed by atoms with Crippen molar-refractivity contribution in [2.24, 2.45) is 0 Å². The molecule has 3 aromatic rings. The molecule has 0 fully saturated rings. The molecule has 0 aliphatic carbocycles. The molecule has 11 heteroatoms. The van der Waals surface area contributed by atoms with E-state index >= 15 is 0 Å². The molecule has 0 unspecified atom stereocenters. The van der Waals surface area contributed by atoms with Crippen molar-refractivity contribution in [3.8, 4) is 22.9 Å². The van der Waals surface area contributed by atoms with Crippen molar-refractivity contribution in [1.82, 2.24) is 19.0 Å². The molecule has 0 bridgehead atoms. The van der Waals surface area contributed by atoms with Crippen molar-refractivity contribution in [3.63, 3.8) is 0 Å². The van der Waals surface area contributed by atoms with E-state index in [2.05, 4.69) is 10.1 Å². The van der Waals surface area contributed by atoms with Crippen LogP contribution in [0, 0.1) is 0 Å². The topological polar surface area (TPSA) is 117 Å². The second kappa shape index (κ2) is 8.05. The standard InChI is InChI=1S/C18H20N4O6S/c1-21(2)29(24,25)13-6-8-17(23)22(10-13)11-16-19-18(20-28-16)14-7-5-12(26-3)9-15(14)27-4/h5-10H,11H2,1-4H3. The molecule has 2 heterocycles. The Hall–Kier alpha value is -3.18. The minimum atomic E-state index is -3.68. The van der Waals surface area contributed by atoms with E-state index in [0.29, 0.717) is 17.1 Å². The van der Waals surface area contributed by atoms with Crippen LogP contribution in [0.2, 0.25) is 0 Å². The number of rotatable bonds is 7. The molecule has 0 N–H and O–H groups in total. The Morgan fingerprint density at radius 3 is 2.55 bits per heavy atom. The summed E-state index contributed by atoms with van der Waals surface area (Å²) in [7, 11) is 2.20. The maximum atomic E-state index is 12.3. The molecule has 2 aromatic heterocycles. The Kier molecular flexibility index (Phi) is 5.71. The summed E-state index contributed by atoms with van der Waals surface area (Å²) in [4.78, 5) is 16.4. The lowest BCUT2D eigenvalue weighted by atomic mass is 10.2. The SMILES string of the molecule is COc1ccc(-c2noc(Cn3cc(S(=O)(=O)N(C)C)ccc3=O)n2)c(OC)c1. The van der Waals surface area contributed by atoms with Gasteiger partial charge in [0.05, 0.1) is 24.7 Å². The lowest BCUT2D eigenvalue weighted by Crippen LogP contribution is -2.26. The summed E-state index contributed by atoms with van der Waals surface area (Å²) in [6, 6.07) is 7.58. The molecule has 0 aliphatic heterocycles. The smallest absolute Gasteiger partial charge is 0.251 e. The number of pyridine rings is 1. The number of aromatic nitrogens is 3. The second-order valence-corrected chi connectivity index (χ2v) is 8.35. The van der Waals surface area contributed by atoms with Crippen LogP contribution in [0.5, 0.6) is 11.5 Å². The Bertz CT molecular complexity index is 1180. The van der Waals surface area contributed by atoms with Crippen LogP contribution in [0.15, 0.2) is 50.7 Å². The van der Waals surface area contributed by atoms with Gasteiger partial charge in [-0.15, -0.1) is 0 Å². The molecular formula is C18H20N4O6S. The average Bonchev–Trinajstić information content (AvgIpc) is 3.17. The van der Waals surface area contributed by atoms with Crippen LogP contribution in [0.3, 0.4) is 0 Å². The minimum Gasteiger partial charge on any atom is -0.497 e. The highest BCUT2D eigenvalue weighted by Gasteiger charge is 2.19. The predicted molar refractivity (Wildman–Crippen MR) is 104 cm³/mol. The van der Waals surface area contributed by atoms with Crippen LogP contribution in [-0.4, -0.2) is 55.7 Å². The zero-order chi connectivity index (χ0) is 21.2. The molecule has 154 valence electrons. The van der Waals surface area contributed by atoms with Crippen LogP contribution in [-0.2, 0) is 16.6 Å². The molecule has 1 aromatic carbocycles. The molecule has 0 spiro atoms. The summed E-state index contributed by atoms with van der Waals surface area (Å²) < 4.78 is 42.6. The van der Waals surface area contributed by atoms with E-state index in [1.54, 1.807) is 25.3 Å². The number of benzene rings is 1. The fourth-order valence-corrected chi connectivity index (χ4v) is 3.48. The highest BCUT2D eigenvalue weighted by molar-refractivity contribution is 7.89. The van der Waals surface area contributed by atoms with Crippen molar-refractivity contribution in [3.05, 3.63) is 52.8 Å². The van der Waals surface area contributed by atoms with Crippen molar-refractivity contribution in [2.75, 3.05) is 28.3 Å². The van der Waals surface area contributed by atoms with Gasteiger partial charge in [0.25, 0.3) is 5.56 Å². The number of ether oxygens (including phenoxy) is 2. The highest BCUT2D eigenvalue weighted by Crippen LogP contribution is 2.31. The summed E-state index contributed by atoms with van der Waals surface area (Å²) in [5.41, 5.74) is 0.184. The minimum absolute atomic E-state index is 0.0151. The molecule has 29 heavy (non-hydrogen) atoms. The van der Waals surface area contributed by atoms with Crippen molar-refractivity contribution < 1.29 is 22.4 Å². The van der Waals surface area contributed by atoms with Crippen LogP contribution in [0.1, 0.15) is 5.89 Å². The molecule has 0 amide bonds. The van der Waals surface area contributed by atoms with Gasteiger partial charge in [-0.05, 0) is 18.2 Å². The first kappa shape index (κ1) is 20.6. The molecule has 0 saturated heterocycles. The van der Waals surface area contributed by atoms with Crippen molar-refractivity contribution in [1.29, 1.82) is 0 Å². The van der Waals surface area contributed by atoms with Crippen molar-refractivity contribution >= 4 is 10.0 Å². The quantitative estimate of drug-likeness (QED) is 0.560. The third kappa shape index (κ3) is 4.15. The summed E-state index contributed by atoms with van der Waals surface area (Å²) in [6.07, 6.45) is 1.25. The lowest BCUT2D eigenvalue weighted by Gasteiger charge is -2.12. The van der Waals surface area contributed by atoms with Crippen LogP contribution < -0.4 is 15.0 Å². The Labute approximate surface area is 167 Å². The van der Waals surface area contributed by atoms with Gasteiger partial charge in [-0.25, -0.2) is 12.7 Å². The van der Waals surface area contributed by atoms with Gasteiger partial charge in [-0.1, -0.05) is 5.16 Å². The van der Waals surface area contributed by atoms with E-state index in [1.165, 1.54) is 44.1 Å². The molecule has 10 nitrogen and oxygen atoms in total. The van der Waals surface area contributed by atoms with E-state index in [4.69, 9.17) is 14.0 Å². The first-order valence-electron chi connectivity index (χ1n) is 8.44. The van der Waals surface area contributed by atoms with Crippen LogP contribution in [0.25, 0.3) is 11.4 Å². The summed E-state index contributed by atoms with van der Waals surface area (Å²) in [6.45, 7) is -0.0822. The normalized spacial score (nSPS) is 11.6. The second-order valence-electron chi connectivity index (χ2n) is 6.20. The molecule has 0 saturated carbocycles. The van der Waals surface area contributed by atoms with Crippen LogP contribution >= 0.6 is 0 Å². The molecule has 3 rings (SSSR count). The van der Waals surface area contributed by atoms with E-state index in [0.717, 1.165) is 4.31 Å². The van der Waals surface area contributed by atoms with E-state index < -0.39 is 15.6 Å². The maximum Gasteiger partial charge on any atom is 0.251 e. The number of nitrogens with zero attached hydrogens (tertiary/aromatic N) is 4. The third-order valence-corrected chi connectivity index (χ3v) is 5.96. The Balaban J connectivity index is 1.93. The van der Waals surface area contributed by atoms with E-state index in [1.807, 2.05) is 0 Å². The summed E-state index contributed by atoms with van der Waals surface area (Å²) in [5.74, 6) is 1.51. The maximum absolute atomic E-state index is 12.3. The number of sulfonamides is 1. The zero-order valence-corrected chi connectivity index (χ0v) is 17.1. The number of hydrogen-bond donors (Lipinski definition) is 0. The lowest BCUT2D eigenvalue weighted by molar-refractivity contribution is 0.368. The first-order valence-corrected chi connectivity index (χ1v) is 9.88. The molecular weight excluding hydrogens is 400 g/mol. The third-order valence-electron chi connectivity index (χ3n) is 4.16. The monoisotopic (exact) mass is 420 g/mol. The van der Waals surface area contributed by atoms with Gasteiger partial charge in [0.15, 0.2) is 0 Å².